The third kappa shape index (κ3) is 7.25. The minimum Gasteiger partial charge on any atom is -0.394 e. The lowest BCUT2D eigenvalue weighted by atomic mass is 9.97. The molecule has 5 N–H and O–H groups in total. The highest BCUT2D eigenvalue weighted by atomic mass is 16.7. The molecule has 0 spiro atoms. The monoisotopic (exact) mass is 362 g/mol. The van der Waals surface area contributed by atoms with Crippen LogP contribution in [0.3, 0.4) is 0 Å². The van der Waals surface area contributed by atoms with Gasteiger partial charge in [-0.25, -0.2) is 0 Å². The summed E-state index contributed by atoms with van der Waals surface area (Å²) in [5.41, 5.74) is 0. The van der Waals surface area contributed by atoms with Gasteiger partial charge in [0.05, 0.1) is 6.61 Å². The van der Waals surface area contributed by atoms with Gasteiger partial charge in [0.25, 0.3) is 0 Å². The summed E-state index contributed by atoms with van der Waals surface area (Å²) < 4.78 is 11.0. The minimum absolute atomic E-state index is 0.0210. The van der Waals surface area contributed by atoms with E-state index in [0.717, 1.165) is 12.8 Å². The van der Waals surface area contributed by atoms with Gasteiger partial charge < -0.3 is 35.4 Å². The van der Waals surface area contributed by atoms with E-state index in [4.69, 9.17) is 9.47 Å². The smallest absolute Gasteiger partial charge is 0.219 e. The highest BCUT2D eigenvalue weighted by molar-refractivity contribution is 5.75. The van der Waals surface area contributed by atoms with Crippen LogP contribution in [-0.4, -0.2) is 77.5 Å². The van der Waals surface area contributed by atoms with Crippen LogP contribution in [0.1, 0.15) is 39.5 Å². The molecule has 1 aliphatic rings. The third-order valence-corrected chi connectivity index (χ3v) is 3.96. The Morgan fingerprint density at radius 1 is 1.16 bits per heavy atom. The molecule has 5 atom stereocenters. The number of ether oxygens (including phenoxy) is 2. The van der Waals surface area contributed by atoms with Crippen molar-refractivity contribution in [2.75, 3.05) is 19.8 Å². The molecule has 0 aliphatic carbocycles. The summed E-state index contributed by atoms with van der Waals surface area (Å²) in [6.07, 6.45) is -1.93. The number of unbranched alkanes of at least 4 members (excludes halogenated alkanes) is 2. The number of aliphatic hydroxyl groups is 3. The number of hydrogen-bond acceptors (Lipinski definition) is 7. The summed E-state index contributed by atoms with van der Waals surface area (Å²) in [5.74, 6) is -0.370. The highest BCUT2D eigenvalue weighted by Gasteiger charge is 2.45. The van der Waals surface area contributed by atoms with Crippen molar-refractivity contribution in [2.45, 2.75) is 70.2 Å². The molecule has 0 aromatic carbocycles. The Hall–Kier alpha value is -1.26. The van der Waals surface area contributed by atoms with Crippen LogP contribution in [0, 0.1) is 0 Å². The average molecular weight is 362 g/mol. The van der Waals surface area contributed by atoms with Gasteiger partial charge in [-0.2, -0.15) is 0 Å². The van der Waals surface area contributed by atoms with E-state index in [1.807, 2.05) is 6.92 Å². The lowest BCUT2D eigenvalue weighted by Crippen LogP contribution is -2.64. The summed E-state index contributed by atoms with van der Waals surface area (Å²) in [6.45, 7) is 3.60. The summed E-state index contributed by atoms with van der Waals surface area (Å²) in [5, 5.41) is 34.5. The van der Waals surface area contributed by atoms with Gasteiger partial charge >= 0.3 is 0 Å². The fraction of sp³-hybridized carbons (Fsp3) is 0.875. The van der Waals surface area contributed by atoms with Gasteiger partial charge in [-0.1, -0.05) is 6.42 Å². The van der Waals surface area contributed by atoms with Crippen LogP contribution in [0.2, 0.25) is 0 Å². The van der Waals surface area contributed by atoms with Gasteiger partial charge in [0, 0.05) is 26.5 Å². The number of carbonyl (C=O) groups is 2. The average Bonchev–Trinajstić information content (AvgIpc) is 2.56. The molecule has 0 saturated carbocycles. The normalized spacial score (nSPS) is 29.2. The second kappa shape index (κ2) is 11.4. The Morgan fingerprint density at radius 2 is 1.88 bits per heavy atom. The lowest BCUT2D eigenvalue weighted by Gasteiger charge is -2.42. The topological polar surface area (TPSA) is 137 Å². The summed E-state index contributed by atoms with van der Waals surface area (Å²) in [6, 6.07) is -0.925. The van der Waals surface area contributed by atoms with Crippen molar-refractivity contribution in [1.29, 1.82) is 0 Å². The van der Waals surface area contributed by atoms with Crippen molar-refractivity contribution in [3.63, 3.8) is 0 Å². The Bertz CT molecular complexity index is 421. The highest BCUT2D eigenvalue weighted by Crippen LogP contribution is 2.22. The van der Waals surface area contributed by atoms with Crippen LogP contribution in [0.15, 0.2) is 0 Å². The first-order chi connectivity index (χ1) is 11.9. The van der Waals surface area contributed by atoms with Gasteiger partial charge in [-0.15, -0.1) is 0 Å². The van der Waals surface area contributed by atoms with Gasteiger partial charge in [-0.05, 0) is 19.8 Å². The van der Waals surface area contributed by atoms with E-state index in [9.17, 15) is 24.9 Å². The Kier molecular flexibility index (Phi) is 9.91. The summed E-state index contributed by atoms with van der Waals surface area (Å²) >= 11 is 0. The molecule has 146 valence electrons. The molecule has 1 rings (SSSR count). The molecule has 1 aliphatic heterocycles. The zero-order chi connectivity index (χ0) is 18.8. The summed E-state index contributed by atoms with van der Waals surface area (Å²) in [7, 11) is 0. The molecule has 2 amide bonds. The zero-order valence-corrected chi connectivity index (χ0v) is 14.8. The van der Waals surface area contributed by atoms with Gasteiger partial charge in [0.2, 0.25) is 11.8 Å². The van der Waals surface area contributed by atoms with Crippen LogP contribution in [-0.2, 0) is 19.1 Å². The van der Waals surface area contributed by atoms with Crippen LogP contribution < -0.4 is 10.6 Å². The molecule has 0 bridgehead atoms. The molecule has 9 heteroatoms. The van der Waals surface area contributed by atoms with E-state index < -0.39 is 43.2 Å². The minimum atomic E-state index is -1.32. The molecular formula is C16H30N2O7. The zero-order valence-electron chi connectivity index (χ0n) is 14.8. The molecule has 25 heavy (non-hydrogen) atoms. The van der Waals surface area contributed by atoms with Gasteiger partial charge in [-0.3, -0.25) is 9.59 Å². The summed E-state index contributed by atoms with van der Waals surface area (Å²) in [4.78, 5) is 22.6. The Labute approximate surface area is 147 Å². The first-order valence-electron chi connectivity index (χ1n) is 8.68. The lowest BCUT2D eigenvalue weighted by molar-refractivity contribution is -0.270. The number of aliphatic hydroxyl groups excluding tert-OH is 3. The second-order valence-corrected chi connectivity index (χ2v) is 6.07. The number of amides is 2. The number of hydrogen-bond donors (Lipinski definition) is 5. The van der Waals surface area contributed by atoms with E-state index >= 15 is 0 Å². The van der Waals surface area contributed by atoms with E-state index in [-0.39, 0.29) is 5.91 Å². The Balaban J connectivity index is 2.41. The van der Waals surface area contributed by atoms with Crippen LogP contribution in [0.4, 0.5) is 0 Å². The molecule has 0 aromatic rings. The maximum atomic E-state index is 11.3. The third-order valence-electron chi connectivity index (χ3n) is 3.96. The molecule has 0 aromatic heterocycles. The van der Waals surface area contributed by atoms with Crippen LogP contribution in [0.5, 0.6) is 0 Å². The molecule has 1 heterocycles. The van der Waals surface area contributed by atoms with Crippen molar-refractivity contribution < 1.29 is 34.4 Å². The first kappa shape index (κ1) is 21.8. The molecule has 2 unspecified atom stereocenters. The number of rotatable bonds is 10. The fourth-order valence-electron chi connectivity index (χ4n) is 2.66. The van der Waals surface area contributed by atoms with Crippen molar-refractivity contribution in [2.24, 2.45) is 0 Å². The number of nitrogens with one attached hydrogen (secondary N) is 2. The van der Waals surface area contributed by atoms with E-state index in [1.165, 1.54) is 6.92 Å². The molecular weight excluding hydrogens is 332 g/mol. The number of carbonyl (C=O) groups excluding carboxylic acids is 2. The van der Waals surface area contributed by atoms with Gasteiger partial charge in [0.15, 0.2) is 6.29 Å². The molecule has 0 radical (unpaired) electrons. The standard InChI is InChI=1S/C16H30N2O7/c1-3-17-12(21)7-5-4-6-8-24-16-13(18-10(2)20)15(23)14(22)11(9-19)25-16/h11,13-16,19,22-23H,3-9H2,1-2H3,(H,17,21)(H,18,20)/t11?,13-,14-,15?,16+/m0/s1. The van der Waals surface area contributed by atoms with Crippen molar-refractivity contribution >= 4 is 11.8 Å². The largest absolute Gasteiger partial charge is 0.394 e. The Morgan fingerprint density at radius 3 is 2.48 bits per heavy atom. The van der Waals surface area contributed by atoms with Crippen LogP contribution >= 0.6 is 0 Å². The van der Waals surface area contributed by atoms with Crippen molar-refractivity contribution in [3.05, 3.63) is 0 Å². The first-order valence-corrected chi connectivity index (χ1v) is 8.68. The van der Waals surface area contributed by atoms with E-state index in [1.54, 1.807) is 0 Å². The van der Waals surface area contributed by atoms with Gasteiger partial charge in [0.1, 0.15) is 24.4 Å². The predicted molar refractivity (Wildman–Crippen MR) is 88.5 cm³/mol. The van der Waals surface area contributed by atoms with E-state index in [2.05, 4.69) is 10.6 Å². The maximum Gasteiger partial charge on any atom is 0.219 e. The maximum absolute atomic E-state index is 11.3. The second-order valence-electron chi connectivity index (χ2n) is 6.07. The molecule has 1 fully saturated rings. The molecule has 1 saturated heterocycles. The fourth-order valence-corrected chi connectivity index (χ4v) is 2.66. The SMILES string of the molecule is CCNC(=O)CCCCCO[C@@H]1OC(CO)[C@H](O)C(O)[C@@H]1NC(C)=O. The predicted octanol–water partition coefficient (Wildman–Crippen LogP) is -1.36. The quantitative estimate of drug-likeness (QED) is 0.303. The van der Waals surface area contributed by atoms with Crippen LogP contribution in [0.25, 0.3) is 0 Å². The van der Waals surface area contributed by atoms with E-state index in [0.29, 0.717) is 26.0 Å². The van der Waals surface area contributed by atoms with Crippen molar-refractivity contribution in [3.8, 4) is 0 Å². The van der Waals surface area contributed by atoms with Crippen molar-refractivity contribution in [1.82, 2.24) is 10.6 Å². The molecule has 9 nitrogen and oxygen atoms in total.